The van der Waals surface area contributed by atoms with Gasteiger partial charge < -0.3 is 20.1 Å². The van der Waals surface area contributed by atoms with Crippen molar-refractivity contribution in [3.05, 3.63) is 66.1 Å². The molecule has 2 aromatic carbocycles. The number of benzene rings is 2. The minimum absolute atomic E-state index is 0.151. The van der Waals surface area contributed by atoms with Gasteiger partial charge in [-0.15, -0.1) is 0 Å². The molecule has 1 saturated heterocycles. The average Bonchev–Trinajstić information content (AvgIpc) is 3.22. The van der Waals surface area contributed by atoms with Crippen molar-refractivity contribution in [2.75, 3.05) is 33.3 Å². The number of hydrogen-bond donors (Lipinski definition) is 2. The summed E-state index contributed by atoms with van der Waals surface area (Å²) in [6.07, 6.45) is 3.53. The molecule has 2 heterocycles. The Morgan fingerprint density at radius 2 is 1.94 bits per heavy atom. The number of aliphatic hydroxyl groups excluding tert-OH is 1. The molecule has 4 rings (SSSR count). The third-order valence-electron chi connectivity index (χ3n) is 5.70. The van der Waals surface area contributed by atoms with Crippen LogP contribution in [0.15, 0.2) is 54.7 Å². The van der Waals surface area contributed by atoms with E-state index in [1.54, 1.807) is 13.2 Å². The quantitative estimate of drug-likeness (QED) is 0.544. The number of aliphatic hydroxyl groups is 1. The third-order valence-corrected chi connectivity index (χ3v) is 5.70. The topological polar surface area (TPSA) is 62.5 Å². The Kier molecular flexibility index (Phi) is 6.96. The van der Waals surface area contributed by atoms with Gasteiger partial charge in [-0.3, -0.25) is 0 Å². The lowest BCUT2D eigenvalue weighted by Gasteiger charge is -2.29. The maximum atomic E-state index is 13.9. The SMILES string of the molecule is COc1ccc(-n2cc(CNCCN3CCC(O)CC3)c(-c3cccc(F)c3)n2)cc1. The Hall–Kier alpha value is -2.74. The monoisotopic (exact) mass is 424 g/mol. The molecule has 31 heavy (non-hydrogen) atoms. The lowest BCUT2D eigenvalue weighted by molar-refractivity contribution is 0.0830. The molecule has 0 unspecified atom stereocenters. The van der Waals surface area contributed by atoms with Gasteiger partial charge >= 0.3 is 0 Å². The van der Waals surface area contributed by atoms with Gasteiger partial charge in [0.25, 0.3) is 0 Å². The van der Waals surface area contributed by atoms with E-state index in [0.29, 0.717) is 6.54 Å². The Morgan fingerprint density at radius 3 is 2.65 bits per heavy atom. The first-order valence-electron chi connectivity index (χ1n) is 10.7. The number of nitrogens with one attached hydrogen (secondary N) is 1. The number of rotatable bonds is 8. The second-order valence-corrected chi connectivity index (χ2v) is 7.91. The molecule has 6 nitrogen and oxygen atoms in total. The van der Waals surface area contributed by atoms with E-state index in [9.17, 15) is 9.50 Å². The van der Waals surface area contributed by atoms with Crippen LogP contribution in [-0.4, -0.2) is 59.2 Å². The summed E-state index contributed by atoms with van der Waals surface area (Å²) >= 11 is 0. The number of aromatic nitrogens is 2. The number of hydrogen-bond acceptors (Lipinski definition) is 5. The van der Waals surface area contributed by atoms with Gasteiger partial charge in [-0.05, 0) is 49.2 Å². The van der Waals surface area contributed by atoms with Crippen molar-refractivity contribution in [3.8, 4) is 22.7 Å². The zero-order valence-corrected chi connectivity index (χ0v) is 17.8. The van der Waals surface area contributed by atoms with Gasteiger partial charge in [0.1, 0.15) is 11.6 Å². The number of ether oxygens (including phenoxy) is 1. The molecule has 0 aliphatic carbocycles. The first-order valence-corrected chi connectivity index (χ1v) is 10.7. The molecular weight excluding hydrogens is 395 g/mol. The summed E-state index contributed by atoms with van der Waals surface area (Å²) in [5, 5.41) is 17.9. The minimum atomic E-state index is -0.275. The molecule has 0 atom stereocenters. The van der Waals surface area contributed by atoms with Gasteiger partial charge in [0.15, 0.2) is 0 Å². The predicted octanol–water partition coefficient (Wildman–Crippen LogP) is 3.23. The zero-order chi connectivity index (χ0) is 21.6. The molecule has 0 saturated carbocycles. The van der Waals surface area contributed by atoms with Crippen LogP contribution < -0.4 is 10.1 Å². The van der Waals surface area contributed by atoms with Crippen molar-refractivity contribution in [2.45, 2.75) is 25.5 Å². The van der Waals surface area contributed by atoms with Crippen LogP contribution in [0, 0.1) is 5.82 Å². The van der Waals surface area contributed by atoms with Crippen molar-refractivity contribution in [3.63, 3.8) is 0 Å². The second-order valence-electron chi connectivity index (χ2n) is 7.91. The van der Waals surface area contributed by atoms with Crippen LogP contribution in [0.4, 0.5) is 4.39 Å². The lowest BCUT2D eigenvalue weighted by Crippen LogP contribution is -2.39. The second kappa shape index (κ2) is 10.0. The van der Waals surface area contributed by atoms with Crippen LogP contribution in [0.2, 0.25) is 0 Å². The Bertz CT molecular complexity index is 981. The Morgan fingerprint density at radius 1 is 1.16 bits per heavy atom. The number of nitrogens with zero attached hydrogens (tertiary/aromatic N) is 3. The Balaban J connectivity index is 1.48. The molecule has 0 radical (unpaired) electrons. The van der Waals surface area contributed by atoms with E-state index in [2.05, 4.69) is 10.2 Å². The highest BCUT2D eigenvalue weighted by Crippen LogP contribution is 2.25. The summed E-state index contributed by atoms with van der Waals surface area (Å²) in [6, 6.07) is 14.2. The molecule has 1 aliphatic rings. The number of likely N-dealkylation sites (tertiary alicyclic amines) is 1. The first kappa shape index (κ1) is 21.5. The molecule has 0 spiro atoms. The van der Waals surface area contributed by atoms with E-state index in [-0.39, 0.29) is 11.9 Å². The summed E-state index contributed by atoms with van der Waals surface area (Å²) < 4.78 is 20.9. The molecule has 164 valence electrons. The molecular formula is C24H29FN4O2. The van der Waals surface area contributed by atoms with Gasteiger partial charge in [0.05, 0.1) is 24.6 Å². The van der Waals surface area contributed by atoms with Crippen molar-refractivity contribution in [1.29, 1.82) is 0 Å². The van der Waals surface area contributed by atoms with Gasteiger partial charge in [-0.1, -0.05) is 12.1 Å². The summed E-state index contributed by atoms with van der Waals surface area (Å²) in [7, 11) is 1.64. The van der Waals surface area contributed by atoms with Crippen LogP contribution in [0.3, 0.4) is 0 Å². The van der Waals surface area contributed by atoms with E-state index < -0.39 is 0 Å². The molecule has 1 aromatic heterocycles. The highest BCUT2D eigenvalue weighted by molar-refractivity contribution is 5.63. The average molecular weight is 425 g/mol. The zero-order valence-electron chi connectivity index (χ0n) is 17.8. The van der Waals surface area contributed by atoms with Gasteiger partial charge in [0.2, 0.25) is 0 Å². The van der Waals surface area contributed by atoms with Gasteiger partial charge in [-0.2, -0.15) is 5.10 Å². The molecule has 1 aliphatic heterocycles. The van der Waals surface area contributed by atoms with Gasteiger partial charge in [0, 0.05) is 50.0 Å². The van der Waals surface area contributed by atoms with Crippen molar-refractivity contribution < 1.29 is 14.2 Å². The lowest BCUT2D eigenvalue weighted by atomic mass is 10.1. The first-order chi connectivity index (χ1) is 15.1. The fourth-order valence-electron chi connectivity index (χ4n) is 3.89. The molecule has 7 heteroatoms. The smallest absolute Gasteiger partial charge is 0.123 e. The van der Waals surface area contributed by atoms with Crippen LogP contribution in [0.1, 0.15) is 18.4 Å². The summed E-state index contributed by atoms with van der Waals surface area (Å²) in [4.78, 5) is 2.37. The summed E-state index contributed by atoms with van der Waals surface area (Å²) in [6.45, 7) is 4.29. The summed E-state index contributed by atoms with van der Waals surface area (Å²) in [5.74, 6) is 0.510. The normalized spacial score (nSPS) is 15.3. The number of piperidine rings is 1. The van der Waals surface area contributed by atoms with Crippen LogP contribution in [0.25, 0.3) is 16.9 Å². The van der Waals surface area contributed by atoms with E-state index >= 15 is 0 Å². The molecule has 0 bridgehead atoms. The van der Waals surface area contributed by atoms with Crippen LogP contribution in [0.5, 0.6) is 5.75 Å². The maximum Gasteiger partial charge on any atom is 0.123 e. The highest BCUT2D eigenvalue weighted by Gasteiger charge is 2.17. The molecule has 3 aromatic rings. The van der Waals surface area contributed by atoms with E-state index in [1.165, 1.54) is 12.1 Å². The molecule has 1 fully saturated rings. The number of halogens is 1. The number of methoxy groups -OCH3 is 1. The largest absolute Gasteiger partial charge is 0.497 e. The third kappa shape index (κ3) is 5.50. The van der Waals surface area contributed by atoms with E-state index in [0.717, 1.165) is 67.3 Å². The van der Waals surface area contributed by atoms with Crippen LogP contribution in [-0.2, 0) is 6.54 Å². The summed E-state index contributed by atoms with van der Waals surface area (Å²) in [5.41, 5.74) is 3.45. The predicted molar refractivity (Wildman–Crippen MR) is 119 cm³/mol. The Labute approximate surface area is 182 Å². The minimum Gasteiger partial charge on any atom is -0.497 e. The highest BCUT2D eigenvalue weighted by atomic mass is 19.1. The maximum absolute atomic E-state index is 13.9. The van der Waals surface area contributed by atoms with E-state index in [1.807, 2.05) is 41.2 Å². The molecule has 2 N–H and O–H groups in total. The van der Waals surface area contributed by atoms with E-state index in [4.69, 9.17) is 9.84 Å². The fraction of sp³-hybridized carbons (Fsp3) is 0.375. The van der Waals surface area contributed by atoms with Crippen molar-refractivity contribution in [1.82, 2.24) is 20.0 Å². The van der Waals surface area contributed by atoms with Gasteiger partial charge in [-0.25, -0.2) is 9.07 Å². The fourth-order valence-corrected chi connectivity index (χ4v) is 3.89. The van der Waals surface area contributed by atoms with Crippen LogP contribution >= 0.6 is 0 Å². The standard InChI is InChI=1S/C24H29FN4O2/c1-31-23-7-5-21(6-8-23)29-17-19(24(27-29)18-3-2-4-20(25)15-18)16-26-11-14-28-12-9-22(30)10-13-28/h2-8,15,17,22,26,30H,9-14,16H2,1H3. The van der Waals surface area contributed by atoms with Crippen molar-refractivity contribution in [2.24, 2.45) is 0 Å². The molecule has 0 amide bonds. The van der Waals surface area contributed by atoms with Crippen molar-refractivity contribution >= 4 is 0 Å².